The van der Waals surface area contributed by atoms with Gasteiger partial charge in [0.2, 0.25) is 0 Å². The van der Waals surface area contributed by atoms with E-state index in [4.69, 9.17) is 15.2 Å². The number of nitrogens with one attached hydrogen (secondary N) is 1. The summed E-state index contributed by atoms with van der Waals surface area (Å²) < 4.78 is 12.2. The van der Waals surface area contributed by atoms with Crippen LogP contribution in [-0.4, -0.2) is 107 Å². The number of fused-ring (bicyclic) bond motifs is 1. The van der Waals surface area contributed by atoms with Crippen molar-refractivity contribution in [3.8, 4) is 6.01 Å². The van der Waals surface area contributed by atoms with Crippen LogP contribution in [0, 0.1) is 0 Å². The number of benzene rings is 1. The number of rotatable bonds is 17. The Kier molecular flexibility index (Phi) is 12.4. The van der Waals surface area contributed by atoms with E-state index in [1.807, 2.05) is 12.1 Å². The molecule has 3 heterocycles. The molecule has 1 saturated heterocycles. The number of anilines is 1. The molecule has 1 fully saturated rings. The summed E-state index contributed by atoms with van der Waals surface area (Å²) >= 11 is 0. The summed E-state index contributed by atoms with van der Waals surface area (Å²) in [6.45, 7) is 11.3. The first-order valence-corrected chi connectivity index (χ1v) is 15.5. The summed E-state index contributed by atoms with van der Waals surface area (Å²) in [6.07, 6.45) is 4.97. The summed E-state index contributed by atoms with van der Waals surface area (Å²) in [5, 5.41) is 0. The number of likely N-dealkylation sites (N-methyl/N-ethyl adjacent to an activating group) is 1. The van der Waals surface area contributed by atoms with Crippen LogP contribution >= 0.6 is 0 Å². The summed E-state index contributed by atoms with van der Waals surface area (Å²) in [7, 11) is 3.60. The van der Waals surface area contributed by atoms with Gasteiger partial charge in [-0.15, -0.1) is 0 Å². The van der Waals surface area contributed by atoms with Gasteiger partial charge in [0, 0.05) is 39.3 Å². The van der Waals surface area contributed by atoms with Gasteiger partial charge in [-0.25, -0.2) is 4.79 Å². The van der Waals surface area contributed by atoms with Crippen molar-refractivity contribution in [3.63, 3.8) is 0 Å². The molecule has 1 aliphatic rings. The Bertz CT molecular complexity index is 1370. The molecule has 2 aromatic heterocycles. The molecule has 0 saturated carbocycles. The lowest BCUT2D eigenvalue weighted by atomic mass is 10.1. The van der Waals surface area contributed by atoms with Crippen molar-refractivity contribution in [2.75, 3.05) is 72.3 Å². The van der Waals surface area contributed by atoms with Gasteiger partial charge in [0.25, 0.3) is 0 Å². The minimum atomic E-state index is -0.242. The van der Waals surface area contributed by atoms with Gasteiger partial charge in [0.1, 0.15) is 5.52 Å². The molecule has 0 spiro atoms. The van der Waals surface area contributed by atoms with E-state index in [1.54, 1.807) is 4.57 Å². The predicted octanol–water partition coefficient (Wildman–Crippen LogP) is 2.52. The van der Waals surface area contributed by atoms with E-state index in [0.29, 0.717) is 24.3 Å². The number of carbonyl (C=O) groups is 1. The molecule has 3 N–H and O–H groups in total. The number of aromatic amines is 1. The number of hydrogen-bond acceptors (Lipinski definition) is 10. The fourth-order valence-corrected chi connectivity index (χ4v) is 5.41. The zero-order valence-corrected chi connectivity index (χ0v) is 26.0. The SMILES string of the molecule is CCCCOc1nc(N)c2[nH]c(=O)n(CCCCN(CCCN3CCN(C)CC3)Cc3cccc(CC(=O)OC)c3)c2n1. The number of aromatic nitrogens is 4. The van der Waals surface area contributed by atoms with Crippen LogP contribution in [0.4, 0.5) is 5.82 Å². The molecule has 0 radical (unpaired) electrons. The zero-order valence-electron chi connectivity index (χ0n) is 26.0. The number of ether oxygens (including phenoxy) is 2. The number of nitrogen functional groups attached to an aromatic ring is 1. The number of nitrogens with two attached hydrogens (primary N) is 1. The van der Waals surface area contributed by atoms with Crippen LogP contribution in [0.5, 0.6) is 6.01 Å². The first kappa shape index (κ1) is 32.4. The predicted molar refractivity (Wildman–Crippen MR) is 168 cm³/mol. The van der Waals surface area contributed by atoms with Crippen molar-refractivity contribution in [1.29, 1.82) is 0 Å². The number of unbranched alkanes of at least 4 members (excludes halogenated alkanes) is 2. The molecule has 12 nitrogen and oxygen atoms in total. The van der Waals surface area contributed by atoms with Crippen LogP contribution in [0.3, 0.4) is 0 Å². The highest BCUT2D eigenvalue weighted by molar-refractivity contribution is 5.81. The van der Waals surface area contributed by atoms with Gasteiger partial charge in [0.05, 0.1) is 20.1 Å². The Hall–Kier alpha value is -3.48. The minimum absolute atomic E-state index is 0.201. The lowest BCUT2D eigenvalue weighted by Gasteiger charge is -2.33. The van der Waals surface area contributed by atoms with Crippen molar-refractivity contribution in [2.45, 2.75) is 58.5 Å². The monoisotopic (exact) mass is 596 g/mol. The smallest absolute Gasteiger partial charge is 0.327 e. The average molecular weight is 597 g/mol. The molecule has 43 heavy (non-hydrogen) atoms. The van der Waals surface area contributed by atoms with E-state index in [9.17, 15) is 9.59 Å². The van der Waals surface area contributed by atoms with Gasteiger partial charge in [-0.05, 0) is 63.5 Å². The standard InChI is InChI=1S/C31H48N8O4/c1-4-5-20-43-30-34-28(32)27-29(35-30)39(31(41)33-27)15-7-6-12-38(14-9-13-37-18-16-36(2)17-19-37)23-25-11-8-10-24(21-25)22-26(40)42-3/h8,10-11,21H,4-7,9,12-20,22-23H2,1-3H3,(H,33,41)(H2,32,34,35). The maximum absolute atomic E-state index is 12.8. The molecule has 3 aromatic rings. The third-order valence-electron chi connectivity index (χ3n) is 7.98. The van der Waals surface area contributed by atoms with Crippen LogP contribution in [-0.2, 0) is 29.0 Å². The average Bonchev–Trinajstić information content (AvgIpc) is 3.31. The van der Waals surface area contributed by atoms with Crippen molar-refractivity contribution < 1.29 is 14.3 Å². The van der Waals surface area contributed by atoms with Gasteiger partial charge in [-0.3, -0.25) is 14.3 Å². The van der Waals surface area contributed by atoms with Crippen LogP contribution in [0.2, 0.25) is 0 Å². The molecule has 236 valence electrons. The second-order valence-corrected chi connectivity index (χ2v) is 11.4. The molecule has 0 amide bonds. The number of esters is 1. The highest BCUT2D eigenvalue weighted by Crippen LogP contribution is 2.18. The first-order valence-electron chi connectivity index (χ1n) is 15.5. The third kappa shape index (κ3) is 9.77. The third-order valence-corrected chi connectivity index (χ3v) is 7.98. The normalized spacial score (nSPS) is 14.5. The summed E-state index contributed by atoms with van der Waals surface area (Å²) in [5.41, 5.74) is 8.94. The number of H-pyrrole nitrogens is 1. The van der Waals surface area contributed by atoms with Gasteiger partial charge in [-0.1, -0.05) is 37.6 Å². The molecule has 0 aliphatic carbocycles. The molecule has 1 aliphatic heterocycles. The molecule has 1 aromatic carbocycles. The summed E-state index contributed by atoms with van der Waals surface area (Å²) in [6, 6.07) is 8.39. The molecule has 0 bridgehead atoms. The number of imidazole rings is 1. The molecule has 0 unspecified atom stereocenters. The second kappa shape index (κ2) is 16.4. The van der Waals surface area contributed by atoms with Gasteiger partial charge >= 0.3 is 17.7 Å². The topological polar surface area (TPSA) is 135 Å². The number of nitrogens with zero attached hydrogens (tertiary/aromatic N) is 6. The van der Waals surface area contributed by atoms with Gasteiger partial charge in [-0.2, -0.15) is 9.97 Å². The van der Waals surface area contributed by atoms with E-state index in [0.717, 1.165) is 90.0 Å². The zero-order chi connectivity index (χ0) is 30.6. The lowest BCUT2D eigenvalue weighted by Crippen LogP contribution is -2.45. The van der Waals surface area contributed by atoms with Crippen molar-refractivity contribution in [2.24, 2.45) is 0 Å². The van der Waals surface area contributed by atoms with E-state index >= 15 is 0 Å². The van der Waals surface area contributed by atoms with E-state index in [1.165, 1.54) is 12.7 Å². The Morgan fingerprint density at radius 3 is 2.58 bits per heavy atom. The van der Waals surface area contributed by atoms with Crippen molar-refractivity contribution in [3.05, 3.63) is 45.9 Å². The van der Waals surface area contributed by atoms with Crippen LogP contribution in [0.25, 0.3) is 11.2 Å². The quantitative estimate of drug-likeness (QED) is 0.177. The number of piperazine rings is 1. The van der Waals surface area contributed by atoms with Gasteiger partial charge < -0.3 is 30.0 Å². The maximum atomic E-state index is 12.8. The van der Waals surface area contributed by atoms with E-state index in [-0.39, 0.29) is 29.9 Å². The fourth-order valence-electron chi connectivity index (χ4n) is 5.41. The molecule has 0 atom stereocenters. The second-order valence-electron chi connectivity index (χ2n) is 11.4. The van der Waals surface area contributed by atoms with Gasteiger partial charge in [0.15, 0.2) is 11.5 Å². The highest BCUT2D eigenvalue weighted by atomic mass is 16.5. The van der Waals surface area contributed by atoms with Crippen molar-refractivity contribution in [1.82, 2.24) is 34.2 Å². The van der Waals surface area contributed by atoms with Crippen LogP contribution in [0.15, 0.2) is 29.1 Å². The van der Waals surface area contributed by atoms with Crippen LogP contribution < -0.4 is 16.2 Å². The first-order chi connectivity index (χ1) is 20.9. The molecule has 4 rings (SSSR count). The summed E-state index contributed by atoms with van der Waals surface area (Å²) in [4.78, 5) is 43.5. The largest absolute Gasteiger partial charge is 0.469 e. The van der Waals surface area contributed by atoms with E-state index < -0.39 is 0 Å². The Labute approximate surface area is 254 Å². The Morgan fingerprint density at radius 1 is 1.05 bits per heavy atom. The highest BCUT2D eigenvalue weighted by Gasteiger charge is 2.16. The lowest BCUT2D eigenvalue weighted by molar-refractivity contribution is -0.139. The fraction of sp³-hybridized carbons (Fsp3) is 0.613. The Balaban J connectivity index is 1.37. The van der Waals surface area contributed by atoms with E-state index in [2.05, 4.69) is 55.8 Å². The minimum Gasteiger partial charge on any atom is -0.469 e. The van der Waals surface area contributed by atoms with Crippen LogP contribution in [0.1, 0.15) is 50.2 Å². The summed E-state index contributed by atoms with van der Waals surface area (Å²) in [5.74, 6) is -0.0197. The molecule has 12 heteroatoms. The number of carbonyl (C=O) groups excluding carboxylic acids is 1. The van der Waals surface area contributed by atoms with Crippen molar-refractivity contribution >= 4 is 23.0 Å². The molecular formula is C31H48N8O4. The molecular weight excluding hydrogens is 548 g/mol. The maximum Gasteiger partial charge on any atom is 0.327 e. The number of hydrogen-bond donors (Lipinski definition) is 2. The number of methoxy groups -OCH3 is 1. The Morgan fingerprint density at radius 2 is 1.81 bits per heavy atom. The number of aryl methyl sites for hydroxylation is 1.